The summed E-state index contributed by atoms with van der Waals surface area (Å²) >= 11 is 3.55. The highest BCUT2D eigenvalue weighted by molar-refractivity contribution is 9.10. The summed E-state index contributed by atoms with van der Waals surface area (Å²) in [6, 6.07) is 18.0. The van der Waals surface area contributed by atoms with Crippen LogP contribution < -0.4 is 5.32 Å². The molecule has 2 aromatic rings. The van der Waals surface area contributed by atoms with Crippen LogP contribution in [0.1, 0.15) is 30.2 Å². The molecule has 0 fully saturated rings. The molecule has 0 radical (unpaired) electrons. The molecular weight excluding hydrogens is 302 g/mol. The van der Waals surface area contributed by atoms with Crippen molar-refractivity contribution in [2.75, 3.05) is 6.54 Å². The van der Waals surface area contributed by atoms with E-state index in [4.69, 9.17) is 0 Å². The number of rotatable bonds is 5. The molecule has 0 aromatic heterocycles. The van der Waals surface area contributed by atoms with Crippen molar-refractivity contribution >= 4 is 15.9 Å². The normalized spacial score (nSPS) is 14.1. The summed E-state index contributed by atoms with van der Waals surface area (Å²) in [5.41, 5.74) is 2.14. The zero-order valence-electron chi connectivity index (χ0n) is 10.9. The second-order valence-corrected chi connectivity index (χ2v) is 5.43. The van der Waals surface area contributed by atoms with Gasteiger partial charge < -0.3 is 10.4 Å². The summed E-state index contributed by atoms with van der Waals surface area (Å²) < 4.78 is 1.09. The molecule has 2 rings (SSSR count). The van der Waals surface area contributed by atoms with Gasteiger partial charge in [-0.15, -0.1) is 0 Å². The van der Waals surface area contributed by atoms with Gasteiger partial charge in [-0.1, -0.05) is 64.5 Å². The molecule has 2 unspecified atom stereocenters. The van der Waals surface area contributed by atoms with Crippen molar-refractivity contribution in [3.63, 3.8) is 0 Å². The summed E-state index contributed by atoms with van der Waals surface area (Å²) in [5.74, 6) is 0. The molecule has 2 aromatic carbocycles. The maximum absolute atomic E-state index is 10.1. The Morgan fingerprint density at radius 2 is 1.68 bits per heavy atom. The van der Waals surface area contributed by atoms with E-state index in [0.29, 0.717) is 6.54 Å². The fourth-order valence-corrected chi connectivity index (χ4v) is 2.65. The third kappa shape index (κ3) is 3.90. The molecule has 0 saturated carbocycles. The summed E-state index contributed by atoms with van der Waals surface area (Å²) in [6.45, 7) is 2.63. The van der Waals surface area contributed by atoms with E-state index in [1.54, 1.807) is 0 Å². The van der Waals surface area contributed by atoms with Gasteiger partial charge >= 0.3 is 0 Å². The molecule has 0 aliphatic heterocycles. The SMILES string of the molecule is CC(NCC(O)c1ccccc1)c1ccccc1Br. The van der Waals surface area contributed by atoms with E-state index in [9.17, 15) is 5.11 Å². The van der Waals surface area contributed by atoms with E-state index < -0.39 is 6.10 Å². The number of halogens is 1. The topological polar surface area (TPSA) is 32.3 Å². The highest BCUT2D eigenvalue weighted by Crippen LogP contribution is 2.23. The largest absolute Gasteiger partial charge is 0.387 e. The Morgan fingerprint density at radius 3 is 2.37 bits per heavy atom. The highest BCUT2D eigenvalue weighted by Gasteiger charge is 2.11. The Kier molecular flexibility index (Phi) is 5.14. The van der Waals surface area contributed by atoms with E-state index in [0.717, 1.165) is 10.0 Å². The molecule has 2 N–H and O–H groups in total. The van der Waals surface area contributed by atoms with E-state index >= 15 is 0 Å². The molecule has 2 atom stereocenters. The van der Waals surface area contributed by atoms with Crippen molar-refractivity contribution in [1.29, 1.82) is 0 Å². The Hall–Kier alpha value is -1.16. The first-order valence-electron chi connectivity index (χ1n) is 6.39. The minimum atomic E-state index is -0.480. The first-order chi connectivity index (χ1) is 9.18. The second kappa shape index (κ2) is 6.85. The van der Waals surface area contributed by atoms with Gasteiger partial charge in [0.15, 0.2) is 0 Å². The molecule has 0 heterocycles. The third-order valence-electron chi connectivity index (χ3n) is 3.17. The molecule has 0 bridgehead atoms. The average molecular weight is 320 g/mol. The van der Waals surface area contributed by atoms with Crippen molar-refractivity contribution in [2.24, 2.45) is 0 Å². The molecule has 0 aliphatic rings. The van der Waals surface area contributed by atoms with Crippen molar-refractivity contribution in [3.05, 3.63) is 70.2 Å². The number of nitrogens with one attached hydrogen (secondary N) is 1. The quantitative estimate of drug-likeness (QED) is 0.877. The first-order valence-corrected chi connectivity index (χ1v) is 7.18. The van der Waals surface area contributed by atoms with Gasteiger partial charge in [0.05, 0.1) is 6.10 Å². The van der Waals surface area contributed by atoms with Crippen LogP contribution in [0.15, 0.2) is 59.1 Å². The van der Waals surface area contributed by atoms with Crippen LogP contribution in [0.25, 0.3) is 0 Å². The summed E-state index contributed by atoms with van der Waals surface area (Å²) in [5, 5.41) is 13.5. The Bertz CT molecular complexity index is 515. The monoisotopic (exact) mass is 319 g/mol. The van der Waals surface area contributed by atoms with E-state index in [2.05, 4.69) is 34.2 Å². The van der Waals surface area contributed by atoms with Crippen molar-refractivity contribution in [1.82, 2.24) is 5.32 Å². The molecule has 0 saturated heterocycles. The lowest BCUT2D eigenvalue weighted by atomic mass is 10.1. The van der Waals surface area contributed by atoms with E-state index in [1.165, 1.54) is 5.56 Å². The molecule has 100 valence electrons. The average Bonchev–Trinajstić information content (AvgIpc) is 2.46. The lowest BCUT2D eigenvalue weighted by Gasteiger charge is -2.18. The van der Waals surface area contributed by atoms with Gasteiger partial charge in [0.1, 0.15) is 0 Å². The van der Waals surface area contributed by atoms with Crippen LogP contribution in [0.3, 0.4) is 0 Å². The number of aliphatic hydroxyl groups is 1. The summed E-state index contributed by atoms with van der Waals surface area (Å²) in [7, 11) is 0. The van der Waals surface area contributed by atoms with Crippen LogP contribution in [0, 0.1) is 0 Å². The van der Waals surface area contributed by atoms with Gasteiger partial charge in [-0.25, -0.2) is 0 Å². The Morgan fingerprint density at radius 1 is 1.05 bits per heavy atom. The van der Waals surface area contributed by atoms with E-state index in [-0.39, 0.29) is 6.04 Å². The first kappa shape index (κ1) is 14.3. The van der Waals surface area contributed by atoms with Gasteiger partial charge in [-0.3, -0.25) is 0 Å². The van der Waals surface area contributed by atoms with Gasteiger partial charge in [0, 0.05) is 17.1 Å². The smallest absolute Gasteiger partial charge is 0.0914 e. The molecule has 0 aliphatic carbocycles. The van der Waals surface area contributed by atoms with Crippen LogP contribution in [-0.2, 0) is 0 Å². The minimum absolute atomic E-state index is 0.189. The number of benzene rings is 2. The maximum atomic E-state index is 10.1. The van der Waals surface area contributed by atoms with Crippen molar-refractivity contribution in [2.45, 2.75) is 19.1 Å². The van der Waals surface area contributed by atoms with Gasteiger partial charge in [0.2, 0.25) is 0 Å². The highest BCUT2D eigenvalue weighted by atomic mass is 79.9. The third-order valence-corrected chi connectivity index (χ3v) is 3.90. The Balaban J connectivity index is 1.94. The molecule has 3 heteroatoms. The molecule has 2 nitrogen and oxygen atoms in total. The number of hydrogen-bond donors (Lipinski definition) is 2. The predicted octanol–water partition coefficient (Wildman–Crippen LogP) is 3.83. The molecular formula is C16H18BrNO. The lowest BCUT2D eigenvalue weighted by Crippen LogP contribution is -2.24. The Labute approximate surface area is 122 Å². The number of hydrogen-bond acceptors (Lipinski definition) is 2. The fourth-order valence-electron chi connectivity index (χ4n) is 2.02. The minimum Gasteiger partial charge on any atom is -0.387 e. The zero-order chi connectivity index (χ0) is 13.7. The van der Waals surface area contributed by atoms with Crippen LogP contribution in [0.2, 0.25) is 0 Å². The van der Waals surface area contributed by atoms with Gasteiger partial charge in [-0.05, 0) is 24.1 Å². The van der Waals surface area contributed by atoms with Crippen molar-refractivity contribution < 1.29 is 5.11 Å². The van der Waals surface area contributed by atoms with Crippen LogP contribution in [0.5, 0.6) is 0 Å². The zero-order valence-corrected chi connectivity index (χ0v) is 12.5. The molecule has 19 heavy (non-hydrogen) atoms. The lowest BCUT2D eigenvalue weighted by molar-refractivity contribution is 0.171. The van der Waals surface area contributed by atoms with Crippen LogP contribution in [0.4, 0.5) is 0 Å². The van der Waals surface area contributed by atoms with Crippen LogP contribution >= 0.6 is 15.9 Å². The molecule has 0 amide bonds. The van der Waals surface area contributed by atoms with E-state index in [1.807, 2.05) is 48.5 Å². The van der Waals surface area contributed by atoms with Crippen LogP contribution in [-0.4, -0.2) is 11.7 Å². The molecule has 0 spiro atoms. The van der Waals surface area contributed by atoms with Crippen molar-refractivity contribution in [3.8, 4) is 0 Å². The maximum Gasteiger partial charge on any atom is 0.0914 e. The predicted molar refractivity (Wildman–Crippen MR) is 82.0 cm³/mol. The van der Waals surface area contributed by atoms with Gasteiger partial charge in [0.25, 0.3) is 0 Å². The second-order valence-electron chi connectivity index (χ2n) is 4.58. The fraction of sp³-hybridized carbons (Fsp3) is 0.250. The van der Waals surface area contributed by atoms with Gasteiger partial charge in [-0.2, -0.15) is 0 Å². The summed E-state index contributed by atoms with van der Waals surface area (Å²) in [6.07, 6.45) is -0.480. The summed E-state index contributed by atoms with van der Waals surface area (Å²) in [4.78, 5) is 0. The standard InChI is InChI=1S/C16H18BrNO/c1-12(14-9-5-6-10-15(14)17)18-11-16(19)13-7-3-2-4-8-13/h2-10,12,16,18-19H,11H2,1H3. The number of aliphatic hydroxyl groups excluding tert-OH is 1.